The number of amides is 1. The van der Waals surface area contributed by atoms with Gasteiger partial charge in [0.15, 0.2) is 5.88 Å². The van der Waals surface area contributed by atoms with Crippen LogP contribution in [0.2, 0.25) is 0 Å². The number of aromatic nitrogens is 2. The number of rotatable bonds is 7. The third kappa shape index (κ3) is 4.41. The zero-order valence-electron chi connectivity index (χ0n) is 16.5. The van der Waals surface area contributed by atoms with Gasteiger partial charge in [-0.1, -0.05) is 41.9 Å². The third-order valence-corrected chi connectivity index (χ3v) is 5.63. The molecule has 7 heteroatoms. The number of carbonyl (C=O) groups excluding carboxylic acids is 1. The number of nitrogens with one attached hydrogen (secondary N) is 2. The highest BCUT2D eigenvalue weighted by Crippen LogP contribution is 2.32. The van der Waals surface area contributed by atoms with Crippen molar-refractivity contribution in [3.05, 3.63) is 53.2 Å². The van der Waals surface area contributed by atoms with Crippen molar-refractivity contribution in [1.29, 1.82) is 0 Å². The number of benzene rings is 1. The van der Waals surface area contributed by atoms with Crippen LogP contribution in [0.25, 0.3) is 11.3 Å². The van der Waals surface area contributed by atoms with E-state index in [4.69, 9.17) is 4.74 Å². The maximum atomic E-state index is 13.3. The van der Waals surface area contributed by atoms with Crippen LogP contribution >= 0.6 is 15.9 Å². The average molecular weight is 447 g/mol. The SMILES string of the molecule is C=C(N[C@H](C(=O)N1CCCC1c1ncc(-c2ccc(Br)cc2)[nH]1)C(C)C)OC. The number of hydrogen-bond acceptors (Lipinski definition) is 4. The first-order valence-corrected chi connectivity index (χ1v) is 10.3. The normalized spacial score (nSPS) is 17.6. The lowest BCUT2D eigenvalue weighted by Crippen LogP contribution is -2.48. The molecule has 1 aromatic heterocycles. The lowest BCUT2D eigenvalue weighted by molar-refractivity contribution is -0.135. The Bertz CT molecular complexity index is 831. The molecular weight excluding hydrogens is 420 g/mol. The molecule has 6 nitrogen and oxygen atoms in total. The monoisotopic (exact) mass is 446 g/mol. The first kappa shape index (κ1) is 20.5. The second-order valence-electron chi connectivity index (χ2n) is 7.37. The molecule has 1 fully saturated rings. The summed E-state index contributed by atoms with van der Waals surface area (Å²) in [5.74, 6) is 1.39. The van der Waals surface area contributed by atoms with Crippen LogP contribution in [0.3, 0.4) is 0 Å². The summed E-state index contributed by atoms with van der Waals surface area (Å²) in [5.41, 5.74) is 2.02. The van der Waals surface area contributed by atoms with Crippen molar-refractivity contribution < 1.29 is 9.53 Å². The van der Waals surface area contributed by atoms with E-state index in [1.54, 1.807) is 7.11 Å². The highest BCUT2D eigenvalue weighted by Gasteiger charge is 2.36. The molecule has 0 aliphatic carbocycles. The first-order valence-electron chi connectivity index (χ1n) is 9.51. The number of likely N-dealkylation sites (tertiary alicyclic amines) is 1. The second kappa shape index (κ2) is 8.82. The molecule has 2 heterocycles. The fraction of sp³-hybridized carbons (Fsp3) is 0.429. The van der Waals surface area contributed by atoms with Gasteiger partial charge in [-0.3, -0.25) is 4.79 Å². The summed E-state index contributed by atoms with van der Waals surface area (Å²) in [6, 6.07) is 7.65. The molecule has 1 saturated heterocycles. The quantitative estimate of drug-likeness (QED) is 0.624. The highest BCUT2D eigenvalue weighted by molar-refractivity contribution is 9.10. The Morgan fingerprint density at radius 2 is 2.11 bits per heavy atom. The van der Waals surface area contributed by atoms with E-state index in [2.05, 4.69) is 37.8 Å². The molecule has 3 rings (SSSR count). The Morgan fingerprint density at radius 3 is 2.75 bits per heavy atom. The van der Waals surface area contributed by atoms with Crippen molar-refractivity contribution >= 4 is 21.8 Å². The van der Waals surface area contributed by atoms with Crippen LogP contribution in [-0.2, 0) is 9.53 Å². The van der Waals surface area contributed by atoms with Crippen LogP contribution in [0.15, 0.2) is 47.4 Å². The van der Waals surface area contributed by atoms with E-state index in [9.17, 15) is 4.79 Å². The summed E-state index contributed by atoms with van der Waals surface area (Å²) < 4.78 is 6.15. The molecule has 2 atom stereocenters. The molecular formula is C21H27BrN4O2. The number of methoxy groups -OCH3 is 1. The van der Waals surface area contributed by atoms with E-state index >= 15 is 0 Å². The Morgan fingerprint density at radius 1 is 1.39 bits per heavy atom. The van der Waals surface area contributed by atoms with Crippen molar-refractivity contribution in [2.24, 2.45) is 5.92 Å². The van der Waals surface area contributed by atoms with Crippen molar-refractivity contribution in [3.8, 4) is 11.3 Å². The van der Waals surface area contributed by atoms with E-state index in [1.165, 1.54) is 0 Å². The average Bonchev–Trinajstić information content (AvgIpc) is 3.34. The fourth-order valence-corrected chi connectivity index (χ4v) is 3.79. The van der Waals surface area contributed by atoms with Crippen LogP contribution in [0.5, 0.6) is 0 Å². The largest absolute Gasteiger partial charge is 0.483 e. The number of aromatic amines is 1. The van der Waals surface area contributed by atoms with Gasteiger partial charge in [-0.05, 0) is 43.0 Å². The zero-order valence-corrected chi connectivity index (χ0v) is 18.1. The van der Waals surface area contributed by atoms with Gasteiger partial charge in [-0.2, -0.15) is 0 Å². The summed E-state index contributed by atoms with van der Waals surface area (Å²) in [6.45, 7) is 8.56. The van der Waals surface area contributed by atoms with Gasteiger partial charge in [0, 0.05) is 11.0 Å². The molecule has 2 aromatic rings. The summed E-state index contributed by atoms with van der Waals surface area (Å²) >= 11 is 3.46. The highest BCUT2D eigenvalue weighted by atomic mass is 79.9. The number of carbonyl (C=O) groups is 1. The summed E-state index contributed by atoms with van der Waals surface area (Å²) in [6.07, 6.45) is 3.69. The van der Waals surface area contributed by atoms with Gasteiger partial charge in [0.25, 0.3) is 0 Å². The minimum Gasteiger partial charge on any atom is -0.483 e. The summed E-state index contributed by atoms with van der Waals surface area (Å²) in [7, 11) is 1.54. The van der Waals surface area contributed by atoms with Crippen molar-refractivity contribution in [2.45, 2.75) is 38.8 Å². The van der Waals surface area contributed by atoms with Crippen LogP contribution < -0.4 is 5.32 Å². The first-order chi connectivity index (χ1) is 13.4. The summed E-state index contributed by atoms with van der Waals surface area (Å²) in [5, 5.41) is 3.11. The van der Waals surface area contributed by atoms with Gasteiger partial charge in [0.1, 0.15) is 11.9 Å². The second-order valence-corrected chi connectivity index (χ2v) is 8.29. The Kier molecular flexibility index (Phi) is 6.44. The minimum absolute atomic E-state index is 0.0458. The number of hydrogen-bond donors (Lipinski definition) is 2. The van der Waals surface area contributed by atoms with Gasteiger partial charge in [0.2, 0.25) is 5.91 Å². The molecule has 1 aliphatic heterocycles. The maximum absolute atomic E-state index is 13.3. The topological polar surface area (TPSA) is 70.2 Å². The van der Waals surface area contributed by atoms with Gasteiger partial charge >= 0.3 is 0 Å². The molecule has 1 aromatic carbocycles. The molecule has 2 N–H and O–H groups in total. The molecule has 1 aliphatic rings. The number of halogens is 1. The minimum atomic E-state index is -0.381. The number of H-pyrrole nitrogens is 1. The molecule has 1 amide bonds. The van der Waals surface area contributed by atoms with Gasteiger partial charge in [-0.15, -0.1) is 0 Å². The molecule has 28 heavy (non-hydrogen) atoms. The lowest BCUT2D eigenvalue weighted by atomic mass is 10.0. The van der Waals surface area contributed by atoms with Gasteiger partial charge in [-0.25, -0.2) is 4.98 Å². The van der Waals surface area contributed by atoms with Crippen molar-refractivity contribution in [1.82, 2.24) is 20.2 Å². The van der Waals surface area contributed by atoms with Crippen LogP contribution in [0.1, 0.15) is 38.6 Å². The molecule has 150 valence electrons. The van der Waals surface area contributed by atoms with Gasteiger partial charge < -0.3 is 19.9 Å². The Balaban J connectivity index is 1.79. The number of imidazole rings is 1. The predicted octanol–water partition coefficient (Wildman–Crippen LogP) is 4.23. The predicted molar refractivity (Wildman–Crippen MR) is 113 cm³/mol. The summed E-state index contributed by atoms with van der Waals surface area (Å²) in [4.78, 5) is 23.2. The Labute approximate surface area is 174 Å². The Hall–Kier alpha value is -2.28. The van der Waals surface area contributed by atoms with Crippen LogP contribution in [0, 0.1) is 5.92 Å². The van der Waals surface area contributed by atoms with Crippen LogP contribution in [0.4, 0.5) is 0 Å². The van der Waals surface area contributed by atoms with Crippen molar-refractivity contribution in [3.63, 3.8) is 0 Å². The third-order valence-electron chi connectivity index (χ3n) is 5.10. The van der Waals surface area contributed by atoms with E-state index in [0.717, 1.165) is 40.9 Å². The van der Waals surface area contributed by atoms with Crippen molar-refractivity contribution in [2.75, 3.05) is 13.7 Å². The lowest BCUT2D eigenvalue weighted by Gasteiger charge is -2.31. The fourth-order valence-electron chi connectivity index (χ4n) is 3.52. The smallest absolute Gasteiger partial charge is 0.246 e. The molecule has 1 unspecified atom stereocenters. The van der Waals surface area contributed by atoms with E-state index in [0.29, 0.717) is 5.88 Å². The number of nitrogens with zero attached hydrogens (tertiary/aromatic N) is 2. The zero-order chi connectivity index (χ0) is 20.3. The van der Waals surface area contributed by atoms with E-state index in [1.807, 2.05) is 49.2 Å². The number of ether oxygens (including phenoxy) is 1. The maximum Gasteiger partial charge on any atom is 0.246 e. The van der Waals surface area contributed by atoms with Gasteiger partial charge in [0.05, 0.1) is 25.0 Å². The molecule has 0 bridgehead atoms. The molecule has 0 saturated carbocycles. The standard InChI is InChI=1S/C21H27BrN4O2/c1-13(2)19(24-14(3)28-4)21(27)26-11-5-6-18(26)20-23-12-17(25-20)15-7-9-16(22)10-8-15/h7-10,12-13,18-19,24H,3,5-6,11H2,1-2,4H3,(H,23,25)/t18?,19-/m0/s1. The van der Waals surface area contributed by atoms with E-state index in [-0.39, 0.29) is 23.9 Å². The molecule has 0 radical (unpaired) electrons. The van der Waals surface area contributed by atoms with E-state index < -0.39 is 0 Å². The van der Waals surface area contributed by atoms with Crippen LogP contribution in [-0.4, -0.2) is 40.5 Å². The molecule has 0 spiro atoms.